The van der Waals surface area contributed by atoms with Crippen LogP contribution in [0.25, 0.3) is 0 Å². The van der Waals surface area contributed by atoms with Crippen LogP contribution in [0.15, 0.2) is 12.2 Å². The van der Waals surface area contributed by atoms with E-state index in [-0.39, 0.29) is 5.78 Å². The van der Waals surface area contributed by atoms with Crippen molar-refractivity contribution in [3.8, 4) is 0 Å². The van der Waals surface area contributed by atoms with Crippen molar-refractivity contribution in [1.82, 2.24) is 0 Å². The van der Waals surface area contributed by atoms with E-state index >= 15 is 0 Å². The van der Waals surface area contributed by atoms with Crippen LogP contribution in [0.5, 0.6) is 0 Å². The van der Waals surface area contributed by atoms with Crippen LogP contribution in [0.3, 0.4) is 0 Å². The summed E-state index contributed by atoms with van der Waals surface area (Å²) in [5.41, 5.74) is 0. The SMILES string of the molecule is CCCCCCCCCCCCCCC(=O)C=CC(=O)O. The van der Waals surface area contributed by atoms with E-state index in [2.05, 4.69) is 6.92 Å². The molecule has 0 aliphatic heterocycles. The highest BCUT2D eigenvalue weighted by Crippen LogP contribution is 2.12. The van der Waals surface area contributed by atoms with E-state index in [1.54, 1.807) is 0 Å². The molecule has 0 aromatic carbocycles. The van der Waals surface area contributed by atoms with E-state index in [4.69, 9.17) is 5.11 Å². The Morgan fingerprint density at radius 3 is 1.57 bits per heavy atom. The quantitative estimate of drug-likeness (QED) is 0.330. The molecule has 0 aliphatic carbocycles. The van der Waals surface area contributed by atoms with Crippen LogP contribution in [-0.4, -0.2) is 16.9 Å². The average molecular weight is 296 g/mol. The summed E-state index contributed by atoms with van der Waals surface area (Å²) in [6.07, 6.45) is 17.8. The topological polar surface area (TPSA) is 54.4 Å². The van der Waals surface area contributed by atoms with Crippen molar-refractivity contribution in [3.05, 3.63) is 12.2 Å². The van der Waals surface area contributed by atoms with Crippen LogP contribution in [0.4, 0.5) is 0 Å². The van der Waals surface area contributed by atoms with Gasteiger partial charge in [-0.2, -0.15) is 0 Å². The lowest BCUT2D eigenvalue weighted by atomic mass is 10.0. The maximum absolute atomic E-state index is 11.3. The third kappa shape index (κ3) is 16.8. The summed E-state index contributed by atoms with van der Waals surface area (Å²) in [6.45, 7) is 2.25. The molecule has 0 unspecified atom stereocenters. The Bertz CT molecular complexity index is 295. The van der Waals surface area contributed by atoms with Gasteiger partial charge in [0.05, 0.1) is 0 Å². The zero-order chi connectivity index (χ0) is 15.8. The molecular weight excluding hydrogens is 264 g/mol. The van der Waals surface area contributed by atoms with Crippen molar-refractivity contribution in [2.75, 3.05) is 0 Å². The number of allylic oxidation sites excluding steroid dienone is 1. The number of hydrogen-bond acceptors (Lipinski definition) is 2. The molecule has 0 aromatic heterocycles. The fraction of sp³-hybridized carbons (Fsp3) is 0.778. The highest BCUT2D eigenvalue weighted by atomic mass is 16.4. The maximum atomic E-state index is 11.3. The van der Waals surface area contributed by atoms with Gasteiger partial charge >= 0.3 is 5.97 Å². The highest BCUT2D eigenvalue weighted by molar-refractivity contribution is 5.95. The Morgan fingerprint density at radius 1 is 0.714 bits per heavy atom. The van der Waals surface area contributed by atoms with Gasteiger partial charge in [0.1, 0.15) is 0 Å². The lowest BCUT2D eigenvalue weighted by molar-refractivity contribution is -0.131. The van der Waals surface area contributed by atoms with E-state index in [1.165, 1.54) is 70.3 Å². The monoisotopic (exact) mass is 296 g/mol. The first-order valence-corrected chi connectivity index (χ1v) is 8.60. The molecule has 0 aromatic rings. The molecule has 0 saturated heterocycles. The molecule has 0 atom stereocenters. The molecule has 1 N–H and O–H groups in total. The maximum Gasteiger partial charge on any atom is 0.328 e. The number of carboxylic acids is 1. The normalized spacial score (nSPS) is 11.1. The van der Waals surface area contributed by atoms with Crippen LogP contribution in [0.1, 0.15) is 90.4 Å². The third-order valence-electron chi connectivity index (χ3n) is 3.69. The molecule has 21 heavy (non-hydrogen) atoms. The molecule has 122 valence electrons. The summed E-state index contributed by atoms with van der Waals surface area (Å²) < 4.78 is 0. The van der Waals surface area contributed by atoms with Crippen LogP contribution in [0, 0.1) is 0 Å². The van der Waals surface area contributed by atoms with E-state index in [0.717, 1.165) is 18.9 Å². The molecule has 0 fully saturated rings. The molecule has 3 nitrogen and oxygen atoms in total. The van der Waals surface area contributed by atoms with Crippen molar-refractivity contribution in [2.45, 2.75) is 90.4 Å². The Morgan fingerprint density at radius 2 is 1.14 bits per heavy atom. The number of unbranched alkanes of at least 4 members (excludes halogenated alkanes) is 11. The summed E-state index contributed by atoms with van der Waals surface area (Å²) in [6, 6.07) is 0. The van der Waals surface area contributed by atoms with Crippen LogP contribution in [-0.2, 0) is 9.59 Å². The van der Waals surface area contributed by atoms with Crippen molar-refractivity contribution >= 4 is 11.8 Å². The van der Waals surface area contributed by atoms with Gasteiger partial charge < -0.3 is 5.11 Å². The molecule has 0 aliphatic rings. The van der Waals surface area contributed by atoms with Crippen LogP contribution in [0.2, 0.25) is 0 Å². The molecule has 0 spiro atoms. The third-order valence-corrected chi connectivity index (χ3v) is 3.69. The molecule has 0 bridgehead atoms. The second-order valence-electron chi connectivity index (χ2n) is 5.78. The summed E-state index contributed by atoms with van der Waals surface area (Å²) in [7, 11) is 0. The second-order valence-corrected chi connectivity index (χ2v) is 5.78. The summed E-state index contributed by atoms with van der Waals surface area (Å²) in [5.74, 6) is -1.14. The van der Waals surface area contributed by atoms with Crippen LogP contribution < -0.4 is 0 Å². The average Bonchev–Trinajstić information content (AvgIpc) is 2.46. The van der Waals surface area contributed by atoms with E-state index < -0.39 is 5.97 Å². The molecular formula is C18H32O3. The van der Waals surface area contributed by atoms with Gasteiger partial charge in [0.15, 0.2) is 5.78 Å². The van der Waals surface area contributed by atoms with Gasteiger partial charge in [-0.1, -0.05) is 77.6 Å². The van der Waals surface area contributed by atoms with Gasteiger partial charge in [-0.25, -0.2) is 4.79 Å². The Labute approximate surface area is 129 Å². The minimum absolute atomic E-state index is 0.0792. The number of hydrogen-bond donors (Lipinski definition) is 1. The predicted molar refractivity (Wildman–Crippen MR) is 87.5 cm³/mol. The van der Waals surface area contributed by atoms with Gasteiger partial charge in [-0.05, 0) is 12.5 Å². The van der Waals surface area contributed by atoms with E-state index in [1.807, 2.05) is 0 Å². The summed E-state index contributed by atoms with van der Waals surface area (Å²) >= 11 is 0. The molecule has 0 rings (SSSR count). The second kappa shape index (κ2) is 15.3. The van der Waals surface area contributed by atoms with Crippen molar-refractivity contribution in [3.63, 3.8) is 0 Å². The Kier molecular flexibility index (Phi) is 14.5. The molecule has 0 amide bonds. The fourth-order valence-electron chi connectivity index (χ4n) is 2.39. The Hall–Kier alpha value is -1.12. The van der Waals surface area contributed by atoms with Crippen LogP contribution >= 0.6 is 0 Å². The van der Waals surface area contributed by atoms with Gasteiger partial charge in [-0.15, -0.1) is 0 Å². The molecule has 0 saturated carbocycles. The van der Waals surface area contributed by atoms with E-state index in [0.29, 0.717) is 6.42 Å². The molecule has 0 heterocycles. The number of carbonyl (C=O) groups is 2. The number of ketones is 1. The number of carbonyl (C=O) groups excluding carboxylic acids is 1. The zero-order valence-electron chi connectivity index (χ0n) is 13.6. The van der Waals surface area contributed by atoms with Crippen molar-refractivity contribution < 1.29 is 14.7 Å². The number of rotatable bonds is 15. The lowest BCUT2D eigenvalue weighted by Crippen LogP contribution is -1.95. The zero-order valence-corrected chi connectivity index (χ0v) is 13.6. The fourth-order valence-corrected chi connectivity index (χ4v) is 2.39. The van der Waals surface area contributed by atoms with Gasteiger partial charge in [0, 0.05) is 12.5 Å². The van der Waals surface area contributed by atoms with Gasteiger partial charge in [-0.3, -0.25) is 4.79 Å². The number of carboxylic acid groups (broad SMARTS) is 1. The smallest absolute Gasteiger partial charge is 0.328 e. The minimum atomic E-state index is -1.06. The van der Waals surface area contributed by atoms with Crippen molar-refractivity contribution in [2.24, 2.45) is 0 Å². The van der Waals surface area contributed by atoms with Gasteiger partial charge in [0.25, 0.3) is 0 Å². The van der Waals surface area contributed by atoms with Crippen molar-refractivity contribution in [1.29, 1.82) is 0 Å². The molecule has 3 heteroatoms. The first-order chi connectivity index (χ1) is 10.2. The molecule has 0 radical (unpaired) electrons. The first-order valence-electron chi connectivity index (χ1n) is 8.60. The Balaban J connectivity index is 3.19. The largest absolute Gasteiger partial charge is 0.478 e. The first kappa shape index (κ1) is 19.9. The minimum Gasteiger partial charge on any atom is -0.478 e. The summed E-state index contributed by atoms with van der Waals surface area (Å²) in [5, 5.41) is 8.40. The summed E-state index contributed by atoms with van der Waals surface area (Å²) in [4.78, 5) is 21.5. The lowest BCUT2D eigenvalue weighted by Gasteiger charge is -2.02. The van der Waals surface area contributed by atoms with Gasteiger partial charge in [0.2, 0.25) is 0 Å². The van der Waals surface area contributed by atoms with E-state index in [9.17, 15) is 9.59 Å². The standard InChI is InChI=1S/C18H32O3/c1-2-3-4-5-6-7-8-9-10-11-12-13-14-17(19)15-16-18(20)21/h15-16H,2-14H2,1H3,(H,20,21). The predicted octanol–water partition coefficient (Wildman–Crippen LogP) is 5.29. The highest BCUT2D eigenvalue weighted by Gasteiger charge is 1.98. The number of aliphatic carboxylic acids is 1.